The standard InChI is InChI=1S/C14H23NO/c1-5-10-16-14-9-7-6-8-13(14)12(4)15-11(2)3/h6-9,11-12,15H,5,10H2,1-4H3/t12-/m0/s1. The fourth-order valence-corrected chi connectivity index (χ4v) is 1.77. The van der Waals surface area contributed by atoms with Crippen LogP contribution in [0.1, 0.15) is 45.7 Å². The van der Waals surface area contributed by atoms with Crippen LogP contribution in [0.2, 0.25) is 0 Å². The first-order chi connectivity index (χ1) is 7.65. The third-order valence-electron chi connectivity index (χ3n) is 2.43. The van der Waals surface area contributed by atoms with E-state index in [1.165, 1.54) is 5.56 Å². The average molecular weight is 221 g/mol. The van der Waals surface area contributed by atoms with Crippen LogP contribution in [0.25, 0.3) is 0 Å². The van der Waals surface area contributed by atoms with Crippen LogP contribution in [0, 0.1) is 0 Å². The summed E-state index contributed by atoms with van der Waals surface area (Å²) in [6.45, 7) is 9.40. The fraction of sp³-hybridized carbons (Fsp3) is 0.571. The van der Waals surface area contributed by atoms with Gasteiger partial charge in [-0.15, -0.1) is 0 Å². The second kappa shape index (κ2) is 6.54. The number of para-hydroxylation sites is 1. The molecule has 0 spiro atoms. The van der Waals surface area contributed by atoms with Crippen molar-refractivity contribution in [3.8, 4) is 5.75 Å². The Morgan fingerprint density at radius 3 is 2.50 bits per heavy atom. The van der Waals surface area contributed by atoms with E-state index < -0.39 is 0 Å². The van der Waals surface area contributed by atoms with E-state index in [-0.39, 0.29) is 0 Å². The molecule has 0 bridgehead atoms. The third-order valence-corrected chi connectivity index (χ3v) is 2.43. The molecule has 1 aromatic carbocycles. The van der Waals surface area contributed by atoms with E-state index in [0.29, 0.717) is 12.1 Å². The van der Waals surface area contributed by atoms with Crippen molar-refractivity contribution in [3.05, 3.63) is 29.8 Å². The van der Waals surface area contributed by atoms with Crippen molar-refractivity contribution in [3.63, 3.8) is 0 Å². The van der Waals surface area contributed by atoms with Gasteiger partial charge in [0.1, 0.15) is 5.75 Å². The lowest BCUT2D eigenvalue weighted by atomic mass is 10.1. The molecule has 1 atom stereocenters. The van der Waals surface area contributed by atoms with Crippen LogP contribution in [-0.4, -0.2) is 12.6 Å². The molecule has 0 aliphatic rings. The summed E-state index contributed by atoms with van der Waals surface area (Å²) in [4.78, 5) is 0. The van der Waals surface area contributed by atoms with Gasteiger partial charge in [0.2, 0.25) is 0 Å². The van der Waals surface area contributed by atoms with Gasteiger partial charge >= 0.3 is 0 Å². The van der Waals surface area contributed by atoms with E-state index >= 15 is 0 Å². The normalized spacial score (nSPS) is 12.8. The Balaban J connectivity index is 2.76. The van der Waals surface area contributed by atoms with Gasteiger partial charge in [0.15, 0.2) is 0 Å². The Morgan fingerprint density at radius 2 is 1.88 bits per heavy atom. The van der Waals surface area contributed by atoms with Gasteiger partial charge in [0, 0.05) is 17.6 Å². The molecule has 0 radical (unpaired) electrons. The Morgan fingerprint density at radius 1 is 1.19 bits per heavy atom. The van der Waals surface area contributed by atoms with Crippen molar-refractivity contribution < 1.29 is 4.74 Å². The second-order valence-corrected chi connectivity index (χ2v) is 4.43. The van der Waals surface area contributed by atoms with Crippen LogP contribution >= 0.6 is 0 Å². The summed E-state index contributed by atoms with van der Waals surface area (Å²) >= 11 is 0. The quantitative estimate of drug-likeness (QED) is 0.793. The first-order valence-electron chi connectivity index (χ1n) is 6.13. The Bertz CT molecular complexity index is 309. The molecule has 0 aromatic heterocycles. The number of hydrogen-bond acceptors (Lipinski definition) is 2. The molecule has 0 unspecified atom stereocenters. The van der Waals surface area contributed by atoms with Crippen LogP contribution in [-0.2, 0) is 0 Å². The first kappa shape index (κ1) is 13.0. The van der Waals surface area contributed by atoms with Crippen LogP contribution in [0.4, 0.5) is 0 Å². The zero-order valence-electron chi connectivity index (χ0n) is 10.8. The van der Waals surface area contributed by atoms with Crippen molar-refractivity contribution in [2.45, 2.75) is 46.2 Å². The van der Waals surface area contributed by atoms with E-state index in [9.17, 15) is 0 Å². The van der Waals surface area contributed by atoms with Crippen molar-refractivity contribution in [2.24, 2.45) is 0 Å². The topological polar surface area (TPSA) is 21.3 Å². The minimum Gasteiger partial charge on any atom is -0.493 e. The molecule has 0 saturated heterocycles. The summed E-state index contributed by atoms with van der Waals surface area (Å²) < 4.78 is 5.75. The monoisotopic (exact) mass is 221 g/mol. The molecule has 0 amide bonds. The van der Waals surface area contributed by atoms with E-state index in [0.717, 1.165) is 18.8 Å². The summed E-state index contributed by atoms with van der Waals surface area (Å²) in [5, 5.41) is 3.50. The largest absolute Gasteiger partial charge is 0.493 e. The number of benzene rings is 1. The maximum absolute atomic E-state index is 5.75. The SMILES string of the molecule is CCCOc1ccccc1[C@H](C)NC(C)C. The second-order valence-electron chi connectivity index (χ2n) is 4.43. The molecular formula is C14H23NO. The lowest BCUT2D eigenvalue weighted by molar-refractivity contribution is 0.310. The van der Waals surface area contributed by atoms with Crippen LogP contribution < -0.4 is 10.1 Å². The first-order valence-corrected chi connectivity index (χ1v) is 6.13. The summed E-state index contributed by atoms with van der Waals surface area (Å²) in [6, 6.07) is 9.07. The van der Waals surface area contributed by atoms with Gasteiger partial charge in [-0.2, -0.15) is 0 Å². The van der Waals surface area contributed by atoms with Gasteiger partial charge in [-0.25, -0.2) is 0 Å². The number of ether oxygens (including phenoxy) is 1. The van der Waals surface area contributed by atoms with Gasteiger partial charge in [0.05, 0.1) is 6.61 Å². The molecule has 0 fully saturated rings. The molecule has 1 aromatic rings. The van der Waals surface area contributed by atoms with Gasteiger partial charge in [-0.1, -0.05) is 39.0 Å². The summed E-state index contributed by atoms with van der Waals surface area (Å²) in [6.07, 6.45) is 1.04. The number of hydrogen-bond donors (Lipinski definition) is 1. The molecule has 2 heteroatoms. The highest BCUT2D eigenvalue weighted by Gasteiger charge is 2.11. The summed E-state index contributed by atoms with van der Waals surface area (Å²) in [5.41, 5.74) is 1.24. The molecule has 16 heavy (non-hydrogen) atoms. The highest BCUT2D eigenvalue weighted by molar-refractivity contribution is 5.35. The van der Waals surface area contributed by atoms with Gasteiger partial charge in [0.25, 0.3) is 0 Å². The Kier molecular flexibility index (Phi) is 5.33. The van der Waals surface area contributed by atoms with Gasteiger partial charge < -0.3 is 10.1 Å². The summed E-state index contributed by atoms with van der Waals surface area (Å²) in [5.74, 6) is 1.00. The molecule has 2 nitrogen and oxygen atoms in total. The molecular weight excluding hydrogens is 198 g/mol. The Labute approximate surface area is 99.0 Å². The Hall–Kier alpha value is -1.02. The number of nitrogens with one attached hydrogen (secondary N) is 1. The smallest absolute Gasteiger partial charge is 0.124 e. The predicted molar refractivity (Wildman–Crippen MR) is 68.9 cm³/mol. The lowest BCUT2D eigenvalue weighted by Crippen LogP contribution is -2.26. The predicted octanol–water partition coefficient (Wildman–Crippen LogP) is 3.53. The molecule has 1 rings (SSSR count). The molecule has 0 aliphatic carbocycles. The third kappa shape index (κ3) is 3.86. The van der Waals surface area contributed by atoms with Crippen LogP contribution in [0.15, 0.2) is 24.3 Å². The minimum atomic E-state index is 0.327. The van der Waals surface area contributed by atoms with Gasteiger partial charge in [-0.05, 0) is 19.4 Å². The van der Waals surface area contributed by atoms with E-state index in [1.807, 2.05) is 12.1 Å². The maximum atomic E-state index is 5.75. The maximum Gasteiger partial charge on any atom is 0.124 e. The highest BCUT2D eigenvalue weighted by atomic mass is 16.5. The van der Waals surface area contributed by atoms with Crippen molar-refractivity contribution in [2.75, 3.05) is 6.61 Å². The van der Waals surface area contributed by atoms with Crippen LogP contribution in [0.5, 0.6) is 5.75 Å². The van der Waals surface area contributed by atoms with E-state index in [1.54, 1.807) is 0 Å². The minimum absolute atomic E-state index is 0.327. The van der Waals surface area contributed by atoms with Crippen LogP contribution in [0.3, 0.4) is 0 Å². The zero-order valence-corrected chi connectivity index (χ0v) is 10.8. The average Bonchev–Trinajstić information content (AvgIpc) is 2.25. The van der Waals surface area contributed by atoms with Crippen molar-refractivity contribution in [1.29, 1.82) is 0 Å². The summed E-state index contributed by atoms with van der Waals surface area (Å²) in [7, 11) is 0. The molecule has 0 heterocycles. The fourth-order valence-electron chi connectivity index (χ4n) is 1.77. The van der Waals surface area contributed by atoms with Gasteiger partial charge in [-0.3, -0.25) is 0 Å². The van der Waals surface area contributed by atoms with E-state index in [4.69, 9.17) is 4.74 Å². The molecule has 90 valence electrons. The number of rotatable bonds is 6. The van der Waals surface area contributed by atoms with Crippen molar-refractivity contribution in [1.82, 2.24) is 5.32 Å². The zero-order chi connectivity index (χ0) is 12.0. The van der Waals surface area contributed by atoms with E-state index in [2.05, 4.69) is 45.1 Å². The molecule has 0 saturated carbocycles. The molecule has 0 aliphatic heterocycles. The van der Waals surface area contributed by atoms with Crippen molar-refractivity contribution >= 4 is 0 Å². The lowest BCUT2D eigenvalue weighted by Gasteiger charge is -2.20. The highest BCUT2D eigenvalue weighted by Crippen LogP contribution is 2.25. The molecule has 1 N–H and O–H groups in total.